The molecule has 1 unspecified atom stereocenters. The van der Waals surface area contributed by atoms with Gasteiger partial charge in [0.1, 0.15) is 17.7 Å². The van der Waals surface area contributed by atoms with Gasteiger partial charge in [0.25, 0.3) is 5.92 Å². The van der Waals surface area contributed by atoms with Crippen molar-refractivity contribution in [3.05, 3.63) is 41.3 Å². The summed E-state index contributed by atoms with van der Waals surface area (Å²) in [6, 6.07) is 5.04. The summed E-state index contributed by atoms with van der Waals surface area (Å²) in [6.07, 6.45) is -0.652. The van der Waals surface area contributed by atoms with Crippen LogP contribution in [0.2, 0.25) is 0 Å². The van der Waals surface area contributed by atoms with Crippen LogP contribution in [-0.4, -0.2) is 28.0 Å². The van der Waals surface area contributed by atoms with Gasteiger partial charge in [0.05, 0.1) is 0 Å². The summed E-state index contributed by atoms with van der Waals surface area (Å²) in [5, 5.41) is 12.9. The van der Waals surface area contributed by atoms with Gasteiger partial charge in [-0.25, -0.2) is 18.7 Å². The molecule has 0 aliphatic heterocycles. The molecule has 2 N–H and O–H groups in total. The topological polar surface area (TPSA) is 58.0 Å². The first-order chi connectivity index (χ1) is 9.94. The van der Waals surface area contributed by atoms with Crippen LogP contribution in [0.3, 0.4) is 0 Å². The van der Waals surface area contributed by atoms with E-state index in [0.29, 0.717) is 28.3 Å². The third-order valence-electron chi connectivity index (χ3n) is 3.73. The number of aromatic nitrogens is 2. The lowest BCUT2D eigenvalue weighted by Gasteiger charge is -2.17. The Balaban J connectivity index is 2.21. The fourth-order valence-corrected chi connectivity index (χ4v) is 2.74. The number of anilines is 1. The molecule has 0 bridgehead atoms. The number of rotatable bonds is 2. The fraction of sp³-hybridized carbons (Fsp3) is 0.333. The van der Waals surface area contributed by atoms with Crippen LogP contribution in [0.15, 0.2) is 24.4 Å². The zero-order valence-electron chi connectivity index (χ0n) is 11.7. The molecule has 0 amide bonds. The highest BCUT2D eigenvalue weighted by Gasteiger charge is 2.47. The van der Waals surface area contributed by atoms with E-state index in [9.17, 15) is 13.9 Å². The van der Waals surface area contributed by atoms with Gasteiger partial charge in [0.15, 0.2) is 0 Å². The Kier molecular flexibility index (Phi) is 3.13. The third kappa shape index (κ3) is 2.15. The van der Waals surface area contributed by atoms with Gasteiger partial charge in [-0.1, -0.05) is 18.2 Å². The average molecular weight is 291 g/mol. The molecule has 4 nitrogen and oxygen atoms in total. The molecule has 0 saturated heterocycles. The monoisotopic (exact) mass is 291 g/mol. The van der Waals surface area contributed by atoms with Gasteiger partial charge < -0.3 is 10.4 Å². The Morgan fingerprint density at radius 1 is 1.33 bits per heavy atom. The number of aliphatic hydroxyl groups excluding tert-OH is 1. The minimum absolute atomic E-state index is 0.270. The van der Waals surface area contributed by atoms with Crippen molar-refractivity contribution in [2.24, 2.45) is 0 Å². The minimum Gasteiger partial charge on any atom is -0.382 e. The lowest BCUT2D eigenvalue weighted by Crippen LogP contribution is -2.21. The molecule has 0 fully saturated rings. The van der Waals surface area contributed by atoms with E-state index in [2.05, 4.69) is 15.3 Å². The van der Waals surface area contributed by atoms with E-state index in [1.165, 1.54) is 0 Å². The maximum absolute atomic E-state index is 13.8. The van der Waals surface area contributed by atoms with Crippen LogP contribution in [0.4, 0.5) is 14.6 Å². The van der Waals surface area contributed by atoms with Gasteiger partial charge in [0, 0.05) is 25.2 Å². The van der Waals surface area contributed by atoms with Gasteiger partial charge >= 0.3 is 0 Å². The van der Waals surface area contributed by atoms with Crippen LogP contribution in [-0.2, 0) is 6.42 Å². The normalized spacial score (nSPS) is 19.4. The van der Waals surface area contributed by atoms with Gasteiger partial charge in [-0.15, -0.1) is 0 Å². The molecule has 1 aromatic heterocycles. The molecule has 0 spiro atoms. The summed E-state index contributed by atoms with van der Waals surface area (Å²) in [5.41, 5.74) is 1.89. The number of nitrogens with zero attached hydrogens (tertiary/aromatic N) is 2. The highest BCUT2D eigenvalue weighted by Crippen LogP contribution is 2.47. The lowest BCUT2D eigenvalue weighted by atomic mass is 9.97. The van der Waals surface area contributed by atoms with Gasteiger partial charge in [-0.3, -0.25) is 0 Å². The van der Waals surface area contributed by atoms with Crippen molar-refractivity contribution in [1.29, 1.82) is 0 Å². The molecule has 0 saturated carbocycles. The van der Waals surface area contributed by atoms with Crippen molar-refractivity contribution in [2.75, 3.05) is 12.4 Å². The number of alkyl halides is 2. The number of aryl methyl sites for hydroxylation is 1. The van der Waals surface area contributed by atoms with E-state index in [4.69, 9.17) is 0 Å². The highest BCUT2D eigenvalue weighted by molar-refractivity contribution is 5.78. The summed E-state index contributed by atoms with van der Waals surface area (Å²) in [4.78, 5) is 8.39. The number of aliphatic hydroxyl groups is 1. The number of hydrogen-bond donors (Lipinski definition) is 2. The van der Waals surface area contributed by atoms with Crippen molar-refractivity contribution in [3.63, 3.8) is 0 Å². The number of benzene rings is 1. The average Bonchev–Trinajstić information content (AvgIpc) is 2.69. The second-order valence-corrected chi connectivity index (χ2v) is 5.15. The van der Waals surface area contributed by atoms with Gasteiger partial charge in [-0.05, 0) is 23.6 Å². The predicted octanol–water partition coefficient (Wildman–Crippen LogP) is 2.72. The number of nitrogens with one attached hydrogen (secondary N) is 1. The first kappa shape index (κ1) is 13.9. The Bertz CT molecular complexity index is 703. The van der Waals surface area contributed by atoms with Crippen molar-refractivity contribution in [1.82, 2.24) is 9.97 Å². The molecule has 110 valence electrons. The van der Waals surface area contributed by atoms with Crippen molar-refractivity contribution >= 4 is 5.82 Å². The lowest BCUT2D eigenvalue weighted by molar-refractivity contribution is -0.0966. The Labute approximate surface area is 120 Å². The molecule has 3 rings (SSSR count). The number of halogens is 2. The zero-order chi connectivity index (χ0) is 15.2. The number of fused-ring (bicyclic) bond motifs is 1. The molecule has 1 aliphatic rings. The van der Waals surface area contributed by atoms with E-state index in [-0.39, 0.29) is 5.56 Å². The molecule has 1 aromatic carbocycles. The summed E-state index contributed by atoms with van der Waals surface area (Å²) in [5.74, 6) is -2.00. The molecular weight excluding hydrogens is 276 g/mol. The van der Waals surface area contributed by atoms with E-state index in [1.54, 1.807) is 38.4 Å². The smallest absolute Gasteiger partial charge is 0.281 e. The molecule has 2 aromatic rings. The first-order valence-electron chi connectivity index (χ1n) is 6.63. The molecule has 1 aliphatic carbocycles. The molecule has 6 heteroatoms. The van der Waals surface area contributed by atoms with Crippen LogP contribution in [0, 0.1) is 6.92 Å². The Morgan fingerprint density at radius 2 is 2.10 bits per heavy atom. The van der Waals surface area contributed by atoms with Crippen LogP contribution in [0.25, 0.3) is 11.1 Å². The van der Waals surface area contributed by atoms with Gasteiger partial charge in [-0.2, -0.15) is 0 Å². The summed E-state index contributed by atoms with van der Waals surface area (Å²) in [7, 11) is 1.71. The van der Waals surface area contributed by atoms with E-state index in [1.807, 2.05) is 0 Å². The third-order valence-corrected chi connectivity index (χ3v) is 3.73. The maximum Gasteiger partial charge on any atom is 0.281 e. The molecular formula is C15H15F2N3O. The molecule has 0 radical (unpaired) electrons. The summed E-state index contributed by atoms with van der Waals surface area (Å²) in [6.45, 7) is 1.75. The Morgan fingerprint density at radius 3 is 2.81 bits per heavy atom. The zero-order valence-corrected chi connectivity index (χ0v) is 11.7. The molecule has 21 heavy (non-hydrogen) atoms. The summed E-state index contributed by atoms with van der Waals surface area (Å²) < 4.78 is 27.6. The van der Waals surface area contributed by atoms with Gasteiger partial charge in [0.2, 0.25) is 0 Å². The minimum atomic E-state index is -3.14. The predicted molar refractivity (Wildman–Crippen MR) is 75.4 cm³/mol. The fourth-order valence-electron chi connectivity index (χ4n) is 2.74. The molecule has 1 atom stereocenters. The van der Waals surface area contributed by atoms with E-state index < -0.39 is 18.4 Å². The first-order valence-corrected chi connectivity index (χ1v) is 6.63. The second kappa shape index (κ2) is 4.73. The van der Waals surface area contributed by atoms with Crippen molar-refractivity contribution in [2.45, 2.75) is 25.4 Å². The van der Waals surface area contributed by atoms with E-state index >= 15 is 0 Å². The summed E-state index contributed by atoms with van der Waals surface area (Å²) >= 11 is 0. The van der Waals surface area contributed by atoms with Crippen LogP contribution >= 0.6 is 0 Å². The number of hydrogen-bond acceptors (Lipinski definition) is 4. The quantitative estimate of drug-likeness (QED) is 0.893. The van der Waals surface area contributed by atoms with Crippen LogP contribution in [0.1, 0.15) is 23.1 Å². The van der Waals surface area contributed by atoms with Crippen molar-refractivity contribution < 1.29 is 13.9 Å². The van der Waals surface area contributed by atoms with Crippen LogP contribution in [0.5, 0.6) is 0 Å². The Hall–Kier alpha value is -2.08. The van der Waals surface area contributed by atoms with Crippen molar-refractivity contribution in [3.8, 4) is 11.1 Å². The second-order valence-electron chi connectivity index (χ2n) is 5.15. The maximum atomic E-state index is 13.8. The molecule has 1 heterocycles. The SMILES string of the molecule is CNc1nc(C)ncc1-c1cccc2c1C(O)C(F)(F)C2. The van der Waals surface area contributed by atoms with E-state index in [0.717, 1.165) is 0 Å². The largest absolute Gasteiger partial charge is 0.382 e. The van der Waals surface area contributed by atoms with Crippen LogP contribution < -0.4 is 5.32 Å². The highest BCUT2D eigenvalue weighted by atomic mass is 19.3. The standard InChI is InChI=1S/C15H15F2N3O/c1-8-19-7-11(14(18-2)20-8)10-5-3-4-9-6-15(16,17)13(21)12(9)10/h3-5,7,13,21H,6H2,1-2H3,(H,18,19,20).